The van der Waals surface area contributed by atoms with Crippen molar-refractivity contribution < 1.29 is 19.7 Å². The lowest BCUT2D eigenvalue weighted by Gasteiger charge is -2.31. The molecular weight excluding hydrogens is 152 g/mol. The summed E-state index contributed by atoms with van der Waals surface area (Å²) in [5, 5.41) is 17.2. The molecular formula is C5H10N2O4. The molecule has 0 unspecified atom stereocenters. The summed E-state index contributed by atoms with van der Waals surface area (Å²) < 4.78 is 4.58. The topological polar surface area (TPSA) is 73.2 Å². The summed E-state index contributed by atoms with van der Waals surface area (Å²) in [4.78, 5) is 13.2. The second kappa shape index (κ2) is 3.51. The molecule has 1 amide bonds. The maximum atomic E-state index is 10.7. The zero-order valence-electron chi connectivity index (χ0n) is 5.93. The van der Waals surface area contributed by atoms with Crippen LogP contribution in [-0.2, 0) is 4.74 Å². The van der Waals surface area contributed by atoms with Gasteiger partial charge in [-0.1, -0.05) is 0 Å². The van der Waals surface area contributed by atoms with Gasteiger partial charge in [0.2, 0.25) is 0 Å². The fraction of sp³-hybridized carbons (Fsp3) is 0.800. The molecule has 0 spiro atoms. The highest BCUT2D eigenvalue weighted by Gasteiger charge is 2.23. The zero-order valence-corrected chi connectivity index (χ0v) is 5.93. The average Bonchev–Trinajstić information content (AvgIpc) is 2.05. The molecule has 11 heavy (non-hydrogen) atoms. The Morgan fingerprint density at radius 3 is 2.73 bits per heavy atom. The number of carbonyl (C=O) groups is 1. The van der Waals surface area contributed by atoms with E-state index in [0.717, 1.165) is 4.90 Å². The third-order valence-corrected chi connectivity index (χ3v) is 1.37. The van der Waals surface area contributed by atoms with Crippen LogP contribution in [0.15, 0.2) is 0 Å². The smallest absolute Gasteiger partial charge is 0.413 e. The quantitative estimate of drug-likeness (QED) is 0.520. The van der Waals surface area contributed by atoms with E-state index in [4.69, 9.17) is 10.2 Å². The summed E-state index contributed by atoms with van der Waals surface area (Å²) in [5.41, 5.74) is 0. The highest BCUT2D eigenvalue weighted by Crippen LogP contribution is 2.03. The molecule has 1 rings (SSSR count). The molecule has 0 saturated carbocycles. The minimum atomic E-state index is -0.558. The van der Waals surface area contributed by atoms with Gasteiger partial charge < -0.3 is 14.9 Å². The lowest BCUT2D eigenvalue weighted by molar-refractivity contribution is -0.0784. The van der Waals surface area contributed by atoms with Gasteiger partial charge in [-0.15, -0.1) is 0 Å². The van der Waals surface area contributed by atoms with E-state index in [1.165, 1.54) is 4.90 Å². The number of ether oxygens (including phenoxy) is 1. The van der Waals surface area contributed by atoms with Crippen LogP contribution in [0.3, 0.4) is 0 Å². The summed E-state index contributed by atoms with van der Waals surface area (Å²) in [6, 6.07) is 0. The number of aliphatic hydroxyl groups is 2. The van der Waals surface area contributed by atoms with Gasteiger partial charge in [-0.3, -0.25) is 4.90 Å². The fourth-order valence-corrected chi connectivity index (χ4v) is 0.766. The molecule has 6 nitrogen and oxygen atoms in total. The maximum Gasteiger partial charge on any atom is 0.413 e. The second-order valence-electron chi connectivity index (χ2n) is 2.17. The Morgan fingerprint density at radius 2 is 2.18 bits per heavy atom. The molecule has 2 N–H and O–H groups in total. The number of rotatable bonds is 2. The number of nitrogens with zero attached hydrogens (tertiary/aromatic N) is 2. The van der Waals surface area contributed by atoms with E-state index in [2.05, 4.69) is 4.74 Å². The lowest BCUT2D eigenvalue weighted by Crippen LogP contribution is -2.49. The zero-order chi connectivity index (χ0) is 8.27. The van der Waals surface area contributed by atoms with Gasteiger partial charge in [-0.25, -0.2) is 9.69 Å². The van der Waals surface area contributed by atoms with E-state index in [1.807, 2.05) is 0 Å². The summed E-state index contributed by atoms with van der Waals surface area (Å²) in [6.45, 7) is -0.309. The Bertz CT molecular complexity index is 151. The molecule has 0 bridgehead atoms. The minimum absolute atomic E-state index is 0.0752. The van der Waals surface area contributed by atoms with E-state index in [-0.39, 0.29) is 20.1 Å². The summed E-state index contributed by atoms with van der Waals surface area (Å²) in [5.74, 6) is 0. The van der Waals surface area contributed by atoms with Gasteiger partial charge in [0.25, 0.3) is 0 Å². The number of hydrogen-bond acceptors (Lipinski definition) is 5. The van der Waals surface area contributed by atoms with E-state index < -0.39 is 12.8 Å². The van der Waals surface area contributed by atoms with Crippen LogP contribution >= 0.6 is 0 Å². The largest absolute Gasteiger partial charge is 0.433 e. The van der Waals surface area contributed by atoms with Crippen LogP contribution < -0.4 is 0 Å². The van der Waals surface area contributed by atoms with E-state index in [9.17, 15) is 4.79 Å². The van der Waals surface area contributed by atoms with Crippen molar-refractivity contribution >= 4 is 6.09 Å². The highest BCUT2D eigenvalue weighted by molar-refractivity contribution is 5.67. The number of cyclic esters (lactones) is 1. The molecule has 1 aliphatic heterocycles. The number of hydrogen-bond donors (Lipinski definition) is 2. The molecule has 6 heteroatoms. The number of amides is 1. The molecule has 0 aromatic rings. The van der Waals surface area contributed by atoms with Crippen LogP contribution in [0.25, 0.3) is 0 Å². The molecule has 0 aliphatic carbocycles. The second-order valence-corrected chi connectivity index (χ2v) is 2.17. The van der Waals surface area contributed by atoms with Crippen LogP contribution in [-0.4, -0.2) is 53.0 Å². The predicted octanol–water partition coefficient (Wildman–Crippen LogP) is -1.44. The van der Waals surface area contributed by atoms with Gasteiger partial charge in [0.1, 0.15) is 13.5 Å². The lowest BCUT2D eigenvalue weighted by atomic mass is 10.6. The first kappa shape index (κ1) is 8.25. The Morgan fingerprint density at radius 1 is 1.45 bits per heavy atom. The van der Waals surface area contributed by atoms with E-state index in [0.29, 0.717) is 0 Å². The van der Waals surface area contributed by atoms with E-state index in [1.54, 1.807) is 0 Å². The van der Waals surface area contributed by atoms with Crippen molar-refractivity contribution in [3.63, 3.8) is 0 Å². The molecule has 1 saturated heterocycles. The van der Waals surface area contributed by atoms with Gasteiger partial charge >= 0.3 is 6.09 Å². The normalized spacial score (nSPS) is 20.2. The Balaban J connectivity index is 2.44. The SMILES string of the molecule is O=C1OCN(CO)CN1CO. The first-order chi connectivity index (χ1) is 5.27. The Labute approximate surface area is 63.6 Å². The average molecular weight is 162 g/mol. The van der Waals surface area contributed by atoms with Crippen LogP contribution in [0.4, 0.5) is 4.79 Å². The standard InChI is InChI=1S/C5H10N2O4/c8-2-6-1-7(3-9)5(10)11-4-6/h8-9H,1-4H2. The highest BCUT2D eigenvalue weighted by atomic mass is 16.6. The third-order valence-electron chi connectivity index (χ3n) is 1.37. The van der Waals surface area contributed by atoms with Gasteiger partial charge in [0.15, 0.2) is 0 Å². The van der Waals surface area contributed by atoms with Crippen molar-refractivity contribution in [3.8, 4) is 0 Å². The van der Waals surface area contributed by atoms with Gasteiger partial charge in [-0.05, 0) is 0 Å². The fourth-order valence-electron chi connectivity index (χ4n) is 0.766. The molecule has 0 radical (unpaired) electrons. The predicted molar refractivity (Wildman–Crippen MR) is 34.1 cm³/mol. The van der Waals surface area contributed by atoms with Crippen molar-refractivity contribution in [1.82, 2.24) is 9.80 Å². The molecule has 1 aliphatic rings. The van der Waals surface area contributed by atoms with Gasteiger partial charge in [0.05, 0.1) is 13.4 Å². The molecule has 0 atom stereocenters. The minimum Gasteiger partial charge on any atom is -0.433 e. The molecule has 0 aromatic carbocycles. The van der Waals surface area contributed by atoms with Crippen molar-refractivity contribution in [3.05, 3.63) is 0 Å². The Kier molecular flexibility index (Phi) is 2.64. The van der Waals surface area contributed by atoms with Crippen molar-refractivity contribution in [2.45, 2.75) is 0 Å². The van der Waals surface area contributed by atoms with Crippen molar-refractivity contribution in [2.24, 2.45) is 0 Å². The van der Waals surface area contributed by atoms with Crippen LogP contribution in [0.2, 0.25) is 0 Å². The van der Waals surface area contributed by atoms with Crippen molar-refractivity contribution in [1.29, 1.82) is 0 Å². The van der Waals surface area contributed by atoms with Crippen LogP contribution in [0, 0.1) is 0 Å². The molecule has 64 valence electrons. The summed E-state index contributed by atoms with van der Waals surface area (Å²) >= 11 is 0. The summed E-state index contributed by atoms with van der Waals surface area (Å²) in [7, 11) is 0. The molecule has 1 fully saturated rings. The van der Waals surface area contributed by atoms with Gasteiger partial charge in [0, 0.05) is 0 Å². The van der Waals surface area contributed by atoms with Crippen LogP contribution in [0.1, 0.15) is 0 Å². The molecule has 0 aromatic heterocycles. The summed E-state index contributed by atoms with van der Waals surface area (Å²) in [6.07, 6.45) is -0.558. The monoisotopic (exact) mass is 162 g/mol. The maximum absolute atomic E-state index is 10.7. The molecule has 1 heterocycles. The number of aliphatic hydroxyl groups excluding tert-OH is 2. The first-order valence-electron chi connectivity index (χ1n) is 3.13. The first-order valence-corrected chi connectivity index (χ1v) is 3.13. The van der Waals surface area contributed by atoms with Crippen molar-refractivity contribution in [2.75, 3.05) is 26.9 Å². The van der Waals surface area contributed by atoms with Crippen LogP contribution in [0.5, 0.6) is 0 Å². The Hall–Kier alpha value is -0.850. The third kappa shape index (κ3) is 1.79. The van der Waals surface area contributed by atoms with E-state index >= 15 is 0 Å². The van der Waals surface area contributed by atoms with Gasteiger partial charge in [-0.2, -0.15) is 0 Å². The number of carbonyl (C=O) groups excluding carboxylic acids is 1.